The monoisotopic (exact) mass is 850 g/mol. The maximum atomic E-state index is 13.6. The first-order chi connectivity index (χ1) is 30.1. The topological polar surface area (TPSA) is 151 Å². The number of aromatic nitrogens is 2. The molecule has 4 amide bonds. The van der Waals surface area contributed by atoms with Gasteiger partial charge in [0.2, 0.25) is 11.6 Å². The SMILES string of the molecule is [C-]#[N+]c1ccc(OC2C(C)(C)C(NC(=O)c3ccc(N4CCC(CN(C)C5CC(Oc6ccc7c(c6)C(=O)N(C6CCC(=C)NC6=O)C7=O)C5)CC4)nc3)C2(C)C)c2cccnc12. The molecule has 2 saturated carbocycles. The molecule has 0 spiro atoms. The number of carbonyl (C=O) groups excluding carboxylic acids is 4. The fraction of sp³-hybridized carbons (Fsp3) is 0.449. The number of rotatable bonds is 11. The molecule has 1 atom stereocenters. The summed E-state index contributed by atoms with van der Waals surface area (Å²) in [5.74, 6) is 1.21. The number of amides is 4. The van der Waals surface area contributed by atoms with E-state index in [1.165, 1.54) is 0 Å². The molecule has 5 heterocycles. The maximum Gasteiger partial charge on any atom is 0.262 e. The Bertz CT molecular complexity index is 2540. The summed E-state index contributed by atoms with van der Waals surface area (Å²) >= 11 is 0. The summed E-state index contributed by atoms with van der Waals surface area (Å²) in [6, 6.07) is 15.6. The van der Waals surface area contributed by atoms with Gasteiger partial charge in [-0.05, 0) is 87.2 Å². The highest BCUT2D eigenvalue weighted by Crippen LogP contribution is 2.56. The minimum absolute atomic E-state index is 0.0180. The van der Waals surface area contributed by atoms with Gasteiger partial charge in [-0.15, -0.1) is 0 Å². The zero-order valence-electron chi connectivity index (χ0n) is 36.5. The third-order valence-electron chi connectivity index (χ3n) is 14.2. The van der Waals surface area contributed by atoms with Gasteiger partial charge in [-0.3, -0.25) is 29.1 Å². The van der Waals surface area contributed by atoms with Crippen LogP contribution >= 0.6 is 0 Å². The summed E-state index contributed by atoms with van der Waals surface area (Å²) < 4.78 is 12.9. The van der Waals surface area contributed by atoms with E-state index in [1.54, 1.807) is 36.7 Å². The van der Waals surface area contributed by atoms with Crippen molar-refractivity contribution in [2.45, 2.75) is 96.6 Å². The standard InChI is InChI=1S/C49H54N8O6/c1-28-10-15-38(43(59)53-28)57-44(60)34-13-12-32(25-36(34)45(57)61)62-33-23-31(24-33)55(7)27-29-18-21-56(22-19-29)40-17-11-30(26-52-40)42(58)54-46-48(2,3)47(49(46,4)5)63-39-16-14-37(50-6)41-35(39)9-8-20-51-41/h8-9,11-14,16-17,20,25-26,29,31,33,38,46-47H,1,10,15,18-19,21-24,27H2,2-5,7H3,(H,53,59)(H,54,58). The van der Waals surface area contributed by atoms with E-state index in [-0.39, 0.29) is 46.5 Å². The van der Waals surface area contributed by atoms with E-state index in [1.807, 2.05) is 30.3 Å². The van der Waals surface area contributed by atoms with Crippen LogP contribution < -0.4 is 25.0 Å². The number of hydrogen-bond donors (Lipinski definition) is 2. The molecule has 3 aliphatic heterocycles. The summed E-state index contributed by atoms with van der Waals surface area (Å²) in [5, 5.41) is 6.76. The molecule has 2 aliphatic carbocycles. The van der Waals surface area contributed by atoms with Crippen molar-refractivity contribution in [1.82, 2.24) is 30.4 Å². The Labute approximate surface area is 367 Å². The quantitative estimate of drug-likeness (QED) is 0.120. The van der Waals surface area contributed by atoms with Crippen molar-refractivity contribution >= 4 is 46.0 Å². The molecular formula is C49H54N8O6. The summed E-state index contributed by atoms with van der Waals surface area (Å²) in [6.45, 7) is 22.5. The number of pyridine rings is 2. The molecule has 14 heteroatoms. The second-order valence-electron chi connectivity index (χ2n) is 19.1. The first kappa shape index (κ1) is 42.0. The summed E-state index contributed by atoms with van der Waals surface area (Å²) in [7, 11) is 2.18. The molecule has 2 aromatic heterocycles. The van der Waals surface area contributed by atoms with Crippen molar-refractivity contribution in [2.24, 2.45) is 16.7 Å². The fourth-order valence-corrected chi connectivity index (χ4v) is 10.9. The number of carbonyl (C=O) groups is 4. The maximum absolute atomic E-state index is 13.6. The van der Waals surface area contributed by atoms with Crippen LogP contribution in [0.15, 0.2) is 79.3 Å². The number of nitrogens with one attached hydrogen (secondary N) is 2. The number of imide groups is 1. The first-order valence-corrected chi connectivity index (χ1v) is 21.9. The third kappa shape index (κ3) is 7.56. The van der Waals surface area contributed by atoms with E-state index in [0.29, 0.717) is 64.3 Å². The molecule has 2 aromatic carbocycles. The highest BCUT2D eigenvalue weighted by atomic mass is 16.5. The van der Waals surface area contributed by atoms with Crippen LogP contribution in [0, 0.1) is 23.3 Å². The van der Waals surface area contributed by atoms with E-state index < -0.39 is 17.9 Å². The van der Waals surface area contributed by atoms with Gasteiger partial charge in [0.15, 0.2) is 0 Å². The smallest absolute Gasteiger partial charge is 0.262 e. The molecular weight excluding hydrogens is 797 g/mol. The minimum Gasteiger partial charge on any atom is -0.490 e. The second-order valence-corrected chi connectivity index (χ2v) is 19.1. The molecule has 1 unspecified atom stereocenters. The molecule has 0 bridgehead atoms. The van der Waals surface area contributed by atoms with E-state index in [0.717, 1.165) is 61.4 Å². The minimum atomic E-state index is -0.842. The number of allylic oxidation sites excluding steroid dienone is 1. The molecule has 9 rings (SSSR count). The molecule has 4 aromatic rings. The van der Waals surface area contributed by atoms with Crippen LogP contribution in [0.25, 0.3) is 15.7 Å². The normalized spacial score (nSPS) is 25.2. The first-order valence-electron chi connectivity index (χ1n) is 21.9. The lowest BCUT2D eigenvalue weighted by molar-refractivity contribution is -0.163. The summed E-state index contributed by atoms with van der Waals surface area (Å²) in [5.41, 5.74) is 2.04. The Balaban J connectivity index is 0.722. The van der Waals surface area contributed by atoms with Crippen molar-refractivity contribution in [3.8, 4) is 11.5 Å². The lowest BCUT2D eigenvalue weighted by Crippen LogP contribution is -2.74. The van der Waals surface area contributed by atoms with Gasteiger partial charge >= 0.3 is 0 Å². The number of fused-ring (bicyclic) bond motifs is 2. The second kappa shape index (κ2) is 16.1. The Morgan fingerprint density at radius 3 is 2.41 bits per heavy atom. The van der Waals surface area contributed by atoms with Crippen molar-refractivity contribution in [3.05, 3.63) is 107 Å². The van der Waals surface area contributed by atoms with Gasteiger partial charge in [-0.25, -0.2) is 9.83 Å². The largest absolute Gasteiger partial charge is 0.490 e. The highest BCUT2D eigenvalue weighted by molar-refractivity contribution is 6.23. The van der Waals surface area contributed by atoms with Crippen molar-refractivity contribution in [2.75, 3.05) is 31.6 Å². The average Bonchev–Trinajstić information content (AvgIpc) is 3.50. The van der Waals surface area contributed by atoms with Crippen LogP contribution in [0.1, 0.15) is 97.3 Å². The Kier molecular flexibility index (Phi) is 10.7. The average molecular weight is 851 g/mol. The van der Waals surface area contributed by atoms with Crippen LogP contribution in [0.2, 0.25) is 0 Å². The zero-order valence-corrected chi connectivity index (χ0v) is 36.5. The van der Waals surface area contributed by atoms with E-state index in [2.05, 4.69) is 71.6 Å². The van der Waals surface area contributed by atoms with Crippen molar-refractivity contribution in [3.63, 3.8) is 0 Å². The third-order valence-corrected chi connectivity index (χ3v) is 14.2. The molecule has 2 saturated heterocycles. The van der Waals surface area contributed by atoms with E-state index in [9.17, 15) is 19.2 Å². The predicted molar refractivity (Wildman–Crippen MR) is 238 cm³/mol. The molecule has 5 aliphatic rings. The van der Waals surface area contributed by atoms with Crippen LogP contribution in [-0.4, -0.2) is 100 Å². The number of nitrogens with zero attached hydrogens (tertiary/aromatic N) is 6. The van der Waals surface area contributed by atoms with Crippen molar-refractivity contribution in [1.29, 1.82) is 0 Å². The molecule has 4 fully saturated rings. The highest BCUT2D eigenvalue weighted by Gasteiger charge is 2.64. The Hall–Kier alpha value is -6.33. The predicted octanol–water partition coefficient (Wildman–Crippen LogP) is 6.94. The van der Waals surface area contributed by atoms with E-state index >= 15 is 0 Å². The van der Waals surface area contributed by atoms with Gasteiger partial charge in [0.25, 0.3) is 17.7 Å². The van der Waals surface area contributed by atoms with E-state index in [4.69, 9.17) is 21.0 Å². The van der Waals surface area contributed by atoms with Gasteiger partial charge in [-0.1, -0.05) is 40.3 Å². The van der Waals surface area contributed by atoms with Crippen LogP contribution in [0.4, 0.5) is 11.5 Å². The molecule has 2 N–H and O–H groups in total. The van der Waals surface area contributed by atoms with Gasteiger partial charge in [0, 0.05) is 78.9 Å². The van der Waals surface area contributed by atoms with Crippen LogP contribution in [-0.2, 0) is 4.79 Å². The molecule has 63 heavy (non-hydrogen) atoms. The molecule has 0 radical (unpaired) electrons. The molecule has 14 nitrogen and oxygen atoms in total. The number of hydrogen-bond acceptors (Lipinski definition) is 10. The Morgan fingerprint density at radius 2 is 1.71 bits per heavy atom. The summed E-state index contributed by atoms with van der Waals surface area (Å²) in [6.07, 6.45) is 7.90. The lowest BCUT2D eigenvalue weighted by Gasteiger charge is -2.63. The molecule has 326 valence electrons. The van der Waals surface area contributed by atoms with Gasteiger partial charge in [0.05, 0.1) is 28.8 Å². The number of ether oxygens (including phenoxy) is 2. The Morgan fingerprint density at radius 1 is 0.968 bits per heavy atom. The lowest BCUT2D eigenvalue weighted by atomic mass is 9.49. The van der Waals surface area contributed by atoms with Crippen molar-refractivity contribution < 1.29 is 28.7 Å². The van der Waals surface area contributed by atoms with Crippen LogP contribution in [0.3, 0.4) is 0 Å². The van der Waals surface area contributed by atoms with Gasteiger partial charge in [0.1, 0.15) is 35.6 Å². The number of piperidine rings is 2. The zero-order chi connectivity index (χ0) is 44.4. The van der Waals surface area contributed by atoms with Crippen LogP contribution in [0.5, 0.6) is 11.5 Å². The van der Waals surface area contributed by atoms with Gasteiger partial charge in [-0.2, -0.15) is 0 Å². The fourth-order valence-electron chi connectivity index (χ4n) is 10.9. The van der Waals surface area contributed by atoms with Gasteiger partial charge < -0.3 is 29.9 Å². The number of anilines is 1. The number of benzene rings is 2. The summed E-state index contributed by atoms with van der Waals surface area (Å²) in [4.78, 5) is 71.2.